The molecule has 0 saturated heterocycles. The van der Waals surface area contributed by atoms with E-state index in [0.29, 0.717) is 0 Å². The lowest BCUT2D eigenvalue weighted by Crippen LogP contribution is -2.39. The van der Waals surface area contributed by atoms with Gasteiger partial charge in [0.25, 0.3) is 0 Å². The van der Waals surface area contributed by atoms with Gasteiger partial charge in [-0.25, -0.2) is 0 Å². The molecule has 0 spiro atoms. The van der Waals surface area contributed by atoms with Crippen LogP contribution in [0.4, 0.5) is 0 Å². The van der Waals surface area contributed by atoms with Crippen LogP contribution in [0.15, 0.2) is 0 Å². The Hall–Kier alpha value is 0.250. The van der Waals surface area contributed by atoms with Crippen LogP contribution in [0.1, 0.15) is 32.1 Å². The molecule has 0 aromatic carbocycles. The van der Waals surface area contributed by atoms with Gasteiger partial charge < -0.3 is 5.73 Å². The molecule has 0 amide bonds. The lowest BCUT2D eigenvalue weighted by atomic mass is 9.83. The molecule has 2 N–H and O–H groups in total. The Bertz CT molecular complexity index is 160. The van der Waals surface area contributed by atoms with Gasteiger partial charge in [-0.05, 0) is 16.8 Å². The van der Waals surface area contributed by atoms with Crippen molar-refractivity contribution >= 4 is 22.6 Å². The predicted molar refractivity (Wildman–Crippen MR) is 51.8 cm³/mol. The molecule has 56 valence electrons. The maximum atomic E-state index is 5.99. The predicted octanol–water partition coefficient (Wildman–Crippen LogP) is 2.04. The van der Waals surface area contributed by atoms with Crippen molar-refractivity contribution in [2.75, 3.05) is 0 Å². The summed E-state index contributed by atoms with van der Waals surface area (Å²) < 4.78 is 2.87. The van der Waals surface area contributed by atoms with E-state index < -0.39 is 0 Å². The maximum Gasteiger partial charge on any atom is 0.0784 e. The zero-order valence-corrected chi connectivity index (χ0v) is 8.15. The fourth-order valence-corrected chi connectivity index (χ4v) is 1.94. The van der Waals surface area contributed by atoms with Crippen molar-refractivity contribution in [2.24, 2.45) is 5.73 Å². The quantitative estimate of drug-likeness (QED) is 0.516. The number of hydrogen-bond donors (Lipinski definition) is 1. The lowest BCUT2D eigenvalue weighted by Gasteiger charge is -2.27. The van der Waals surface area contributed by atoms with Crippen LogP contribution < -0.4 is 5.73 Å². The minimum atomic E-state index is -0.139. The molecule has 0 unspecified atom stereocenters. The minimum absolute atomic E-state index is 0.139. The molecule has 1 aliphatic rings. The molecule has 1 nitrogen and oxygen atoms in total. The second-order valence-electron chi connectivity index (χ2n) is 2.94. The van der Waals surface area contributed by atoms with Gasteiger partial charge in [0, 0.05) is 22.6 Å². The van der Waals surface area contributed by atoms with Crippen LogP contribution in [0.25, 0.3) is 0 Å². The summed E-state index contributed by atoms with van der Waals surface area (Å²) >= 11 is 2.06. The van der Waals surface area contributed by atoms with Gasteiger partial charge in [-0.2, -0.15) is 0 Å². The zero-order valence-electron chi connectivity index (χ0n) is 5.99. The Balaban J connectivity index is 2.53. The summed E-state index contributed by atoms with van der Waals surface area (Å²) in [6, 6.07) is 0. The van der Waals surface area contributed by atoms with E-state index in [1.54, 1.807) is 0 Å². The highest BCUT2D eigenvalue weighted by Gasteiger charge is 2.24. The maximum absolute atomic E-state index is 5.99. The van der Waals surface area contributed by atoms with Gasteiger partial charge in [0.1, 0.15) is 0 Å². The van der Waals surface area contributed by atoms with Crippen molar-refractivity contribution in [3.63, 3.8) is 0 Å². The lowest BCUT2D eigenvalue weighted by molar-refractivity contribution is 0.371. The highest BCUT2D eigenvalue weighted by Crippen LogP contribution is 2.24. The summed E-state index contributed by atoms with van der Waals surface area (Å²) in [6.45, 7) is 0. The monoisotopic (exact) mass is 249 g/mol. The van der Waals surface area contributed by atoms with Crippen LogP contribution in [0.2, 0.25) is 0 Å². The normalized spacial score (nSPS) is 23.0. The first-order chi connectivity index (χ1) is 4.77. The fraction of sp³-hybridized carbons (Fsp3) is 0.750. The van der Waals surface area contributed by atoms with Gasteiger partial charge in [-0.1, -0.05) is 25.2 Å². The molecule has 2 heteroatoms. The average molecular weight is 249 g/mol. The van der Waals surface area contributed by atoms with Crippen molar-refractivity contribution < 1.29 is 0 Å². The summed E-state index contributed by atoms with van der Waals surface area (Å²) in [7, 11) is 0. The molecule has 0 heterocycles. The molecule has 1 saturated carbocycles. The molecule has 1 fully saturated rings. The van der Waals surface area contributed by atoms with E-state index in [2.05, 4.69) is 32.4 Å². The highest BCUT2D eigenvalue weighted by atomic mass is 127. The molecular weight excluding hydrogens is 237 g/mol. The van der Waals surface area contributed by atoms with E-state index in [-0.39, 0.29) is 5.54 Å². The Kier molecular flexibility index (Phi) is 2.99. The van der Waals surface area contributed by atoms with Gasteiger partial charge in [-0.3, -0.25) is 0 Å². The first-order valence-electron chi connectivity index (χ1n) is 3.68. The Morgan fingerprint density at radius 1 is 1.20 bits per heavy atom. The third-order valence-corrected chi connectivity index (χ3v) is 2.31. The highest BCUT2D eigenvalue weighted by molar-refractivity contribution is 14.1. The number of hydrogen-bond acceptors (Lipinski definition) is 1. The first-order valence-corrected chi connectivity index (χ1v) is 4.76. The molecule has 0 radical (unpaired) electrons. The van der Waals surface area contributed by atoms with Crippen molar-refractivity contribution in [2.45, 2.75) is 37.6 Å². The van der Waals surface area contributed by atoms with E-state index in [0.717, 1.165) is 12.8 Å². The minimum Gasteiger partial charge on any atom is -0.315 e. The number of halogens is 1. The Morgan fingerprint density at radius 3 is 2.30 bits per heavy atom. The molecule has 1 rings (SSSR count). The third-order valence-electron chi connectivity index (χ3n) is 2.04. The zero-order chi connectivity index (χ0) is 7.45. The van der Waals surface area contributed by atoms with Crippen molar-refractivity contribution in [1.82, 2.24) is 0 Å². The van der Waals surface area contributed by atoms with Crippen molar-refractivity contribution in [1.29, 1.82) is 0 Å². The van der Waals surface area contributed by atoms with Crippen LogP contribution in [0, 0.1) is 9.85 Å². The SMILES string of the molecule is NC1(C#CI)CCCCC1. The molecule has 1 aliphatic carbocycles. The number of rotatable bonds is 0. The largest absolute Gasteiger partial charge is 0.315 e. The van der Waals surface area contributed by atoms with E-state index >= 15 is 0 Å². The van der Waals surface area contributed by atoms with Crippen LogP contribution in [-0.4, -0.2) is 5.54 Å². The average Bonchev–Trinajstić information content (AvgIpc) is 1.89. The Labute approximate surface area is 75.9 Å². The van der Waals surface area contributed by atoms with Crippen LogP contribution in [0.5, 0.6) is 0 Å². The first kappa shape index (κ1) is 8.35. The van der Waals surface area contributed by atoms with E-state index in [1.807, 2.05) is 0 Å². The van der Waals surface area contributed by atoms with E-state index in [1.165, 1.54) is 19.3 Å². The molecular formula is C8H12IN. The van der Waals surface area contributed by atoms with E-state index in [9.17, 15) is 0 Å². The van der Waals surface area contributed by atoms with Crippen LogP contribution in [-0.2, 0) is 0 Å². The summed E-state index contributed by atoms with van der Waals surface area (Å²) in [5, 5.41) is 0. The summed E-state index contributed by atoms with van der Waals surface area (Å²) in [5.41, 5.74) is 5.85. The standard InChI is InChI=1S/C8H12IN/c9-7-6-8(10)4-2-1-3-5-8/h1-5,10H2. The second kappa shape index (κ2) is 3.59. The molecule has 0 aromatic heterocycles. The van der Waals surface area contributed by atoms with Crippen LogP contribution >= 0.6 is 22.6 Å². The third kappa shape index (κ3) is 2.14. The second-order valence-corrected chi connectivity index (χ2v) is 3.48. The molecule has 10 heavy (non-hydrogen) atoms. The molecule has 0 aliphatic heterocycles. The van der Waals surface area contributed by atoms with Crippen molar-refractivity contribution in [3.05, 3.63) is 0 Å². The van der Waals surface area contributed by atoms with Crippen molar-refractivity contribution in [3.8, 4) is 9.85 Å². The van der Waals surface area contributed by atoms with E-state index in [4.69, 9.17) is 5.73 Å². The van der Waals surface area contributed by atoms with Crippen LogP contribution in [0.3, 0.4) is 0 Å². The van der Waals surface area contributed by atoms with Gasteiger partial charge in [-0.15, -0.1) is 0 Å². The summed E-state index contributed by atoms with van der Waals surface area (Å²) in [5.74, 6) is 3.08. The van der Waals surface area contributed by atoms with Gasteiger partial charge >= 0.3 is 0 Å². The molecule has 0 atom stereocenters. The summed E-state index contributed by atoms with van der Waals surface area (Å²) in [4.78, 5) is 0. The van der Waals surface area contributed by atoms with Gasteiger partial charge in [0.2, 0.25) is 0 Å². The van der Waals surface area contributed by atoms with Gasteiger partial charge in [0.15, 0.2) is 0 Å². The topological polar surface area (TPSA) is 26.0 Å². The molecule has 0 bridgehead atoms. The van der Waals surface area contributed by atoms with Gasteiger partial charge in [0.05, 0.1) is 5.54 Å². The smallest absolute Gasteiger partial charge is 0.0784 e. The summed E-state index contributed by atoms with van der Waals surface area (Å²) in [6.07, 6.45) is 6.01. The Morgan fingerprint density at radius 2 is 1.80 bits per heavy atom. The number of nitrogens with two attached hydrogens (primary N) is 1. The fourth-order valence-electron chi connectivity index (χ4n) is 1.40. The molecule has 0 aromatic rings.